The lowest BCUT2D eigenvalue weighted by molar-refractivity contribution is 0.180. The van der Waals surface area contributed by atoms with Crippen molar-refractivity contribution in [1.82, 2.24) is 37.2 Å². The Bertz CT molecular complexity index is 2130. The number of rotatable bonds is 18. The molecule has 460 valence electrons. The number of hydrogen-bond donors (Lipinski definition) is 9. The highest BCUT2D eigenvalue weighted by molar-refractivity contribution is 5.41. The van der Waals surface area contributed by atoms with Gasteiger partial charge >= 0.3 is 0 Å². The van der Waals surface area contributed by atoms with Gasteiger partial charge in [0, 0.05) is 91.4 Å². The van der Waals surface area contributed by atoms with Crippen molar-refractivity contribution in [1.29, 1.82) is 0 Å². The Balaban J connectivity index is 0.000000322. The Labute approximate surface area is 506 Å². The van der Waals surface area contributed by atoms with E-state index < -0.39 is 0 Å². The molecule has 0 radical (unpaired) electrons. The third kappa shape index (κ3) is 41.4. The molecule has 4 aliphatic rings. The molecule has 0 bridgehead atoms. The number of nitrogens with two attached hydrogens (primary N) is 1. The maximum Gasteiger partial charge on any atom is 0.0587 e. The van der Waals surface area contributed by atoms with E-state index in [2.05, 4.69) is 174 Å². The first-order chi connectivity index (χ1) is 40.8. The molecule has 4 aliphatic heterocycles. The third-order valence-corrected chi connectivity index (χ3v) is 14.1. The third-order valence-electron chi connectivity index (χ3n) is 14.1. The molecule has 10 N–H and O–H groups in total. The maximum absolute atomic E-state index is 5.35. The van der Waals surface area contributed by atoms with Crippen LogP contribution in [0.5, 0.6) is 0 Å². The van der Waals surface area contributed by atoms with Crippen molar-refractivity contribution in [2.75, 3.05) is 85.6 Å². The Hall–Kier alpha value is -5.28. The lowest BCUT2D eigenvalue weighted by Crippen LogP contribution is -2.38. The molecule has 2 atom stereocenters. The van der Waals surface area contributed by atoms with Crippen LogP contribution < -0.4 is 48.3 Å². The summed E-state index contributed by atoms with van der Waals surface area (Å²) < 4.78 is 9.64. The summed E-state index contributed by atoms with van der Waals surface area (Å²) in [7, 11) is 5.30. The van der Waals surface area contributed by atoms with Crippen LogP contribution >= 0.6 is 0 Å². The van der Waals surface area contributed by atoms with Crippen molar-refractivity contribution < 1.29 is 9.47 Å². The van der Waals surface area contributed by atoms with Crippen molar-refractivity contribution in [2.24, 2.45) is 11.7 Å². The molecule has 2 saturated heterocycles. The van der Waals surface area contributed by atoms with Crippen LogP contribution in [0.1, 0.15) is 131 Å². The van der Waals surface area contributed by atoms with E-state index in [1.54, 1.807) is 14.2 Å². The van der Waals surface area contributed by atoms with E-state index in [4.69, 9.17) is 15.2 Å². The average Bonchev–Trinajstić information content (AvgIpc) is 4.10. The van der Waals surface area contributed by atoms with Gasteiger partial charge in [-0.05, 0) is 149 Å². The van der Waals surface area contributed by atoms with E-state index in [9.17, 15) is 0 Å². The second-order valence-electron chi connectivity index (χ2n) is 21.5. The molecule has 0 aromatic heterocycles. The molecule has 2 unspecified atom stereocenters. The van der Waals surface area contributed by atoms with E-state index in [1.165, 1.54) is 129 Å². The molecule has 4 heterocycles. The summed E-state index contributed by atoms with van der Waals surface area (Å²) in [6.45, 7) is 26.3. The molecular formula is C72H115N9O2. The Kier molecular flexibility index (Phi) is 47.5. The number of hydrogen-bond acceptors (Lipinski definition) is 11. The number of methoxy groups -OCH3 is 2. The summed E-state index contributed by atoms with van der Waals surface area (Å²) in [5.41, 5.74) is 16.2. The minimum atomic E-state index is 0.640. The van der Waals surface area contributed by atoms with Crippen LogP contribution in [0.25, 0.3) is 0 Å². The molecule has 0 spiro atoms. The molecule has 2 fully saturated rings. The standard InChI is InChI=1S/C14H15N.C9H11N.C8H9N.C8H19N.C7H15N.2C7H9N.C6H15NO2.C6H13N/c1-3-7-13(8-4-1)11-15-12-14-9-5-2-6-10-14;1-2-4-9-7-10-6-5-8(9)3-1;1-2-4-8-6-9-5-7(8)3-1;1-3-5-7-9-8-6-4-2;1-6-4-3-5-7(2)8-6;1-8-7-5-3-2-4-6-7;8-6-7-4-2-1-3-5-7;1-8-5-3-7-4-6-9-2;1-6-2-4-7-5-3-6/h1-10,15H,11-12H2;1-4,10H,5-7H2;1-4,9H,5-6H2;9H,3-8H2,1-2H3;6-8H,3-5H2,1-2H3;2-6,8H,1H3;1-5H,6,8H2;7H,3-6H2,1-2H3;6-7H,2-5H2,1H3. The topological polar surface area (TPSA) is 141 Å². The summed E-state index contributed by atoms with van der Waals surface area (Å²) in [6, 6.07) is 59.7. The van der Waals surface area contributed by atoms with Crippen LogP contribution in [0, 0.1) is 5.92 Å². The van der Waals surface area contributed by atoms with Gasteiger partial charge in [-0.1, -0.05) is 198 Å². The fraction of sp³-hybridized carbons (Fsp3) is 0.500. The lowest BCUT2D eigenvalue weighted by Gasteiger charge is -2.25. The second-order valence-corrected chi connectivity index (χ2v) is 21.5. The molecule has 11 heteroatoms. The van der Waals surface area contributed by atoms with Crippen molar-refractivity contribution in [3.05, 3.63) is 209 Å². The van der Waals surface area contributed by atoms with Crippen LogP contribution in [0.2, 0.25) is 0 Å². The Morgan fingerprint density at radius 1 is 0.458 bits per heavy atom. The van der Waals surface area contributed by atoms with Gasteiger partial charge in [0.15, 0.2) is 0 Å². The smallest absolute Gasteiger partial charge is 0.0587 e. The van der Waals surface area contributed by atoms with Gasteiger partial charge in [-0.2, -0.15) is 0 Å². The number of anilines is 1. The van der Waals surface area contributed by atoms with Crippen LogP contribution in [0.15, 0.2) is 170 Å². The van der Waals surface area contributed by atoms with Gasteiger partial charge in [0.25, 0.3) is 0 Å². The zero-order valence-corrected chi connectivity index (χ0v) is 53.0. The Morgan fingerprint density at radius 2 is 0.867 bits per heavy atom. The molecule has 11 nitrogen and oxygen atoms in total. The maximum atomic E-state index is 5.35. The van der Waals surface area contributed by atoms with Gasteiger partial charge in [-0.15, -0.1) is 0 Å². The predicted molar refractivity (Wildman–Crippen MR) is 359 cm³/mol. The summed E-state index contributed by atoms with van der Waals surface area (Å²) >= 11 is 0. The molecular weight excluding hydrogens is 1020 g/mol. The van der Waals surface area contributed by atoms with E-state index >= 15 is 0 Å². The van der Waals surface area contributed by atoms with Gasteiger partial charge in [-0.25, -0.2) is 0 Å². The van der Waals surface area contributed by atoms with Crippen LogP contribution in [-0.2, 0) is 55.2 Å². The van der Waals surface area contributed by atoms with E-state index in [0.717, 1.165) is 89.3 Å². The van der Waals surface area contributed by atoms with Gasteiger partial charge in [0.2, 0.25) is 0 Å². The largest absolute Gasteiger partial charge is 0.388 e. The van der Waals surface area contributed by atoms with Crippen molar-refractivity contribution in [3.63, 3.8) is 0 Å². The van der Waals surface area contributed by atoms with Crippen molar-refractivity contribution in [2.45, 2.75) is 150 Å². The van der Waals surface area contributed by atoms with E-state index in [1.807, 2.05) is 79.8 Å². The minimum absolute atomic E-state index is 0.640. The zero-order chi connectivity index (χ0) is 59.9. The van der Waals surface area contributed by atoms with Crippen LogP contribution in [-0.4, -0.2) is 92.4 Å². The van der Waals surface area contributed by atoms with Crippen molar-refractivity contribution >= 4 is 5.69 Å². The van der Waals surface area contributed by atoms with Gasteiger partial charge in [0.1, 0.15) is 0 Å². The zero-order valence-electron chi connectivity index (χ0n) is 53.0. The van der Waals surface area contributed by atoms with E-state index in [0.29, 0.717) is 6.54 Å². The number of piperidine rings is 2. The summed E-state index contributed by atoms with van der Waals surface area (Å²) in [5.74, 6) is 0.973. The number of nitrogens with one attached hydrogen (secondary N) is 8. The number of para-hydroxylation sites is 1. The number of fused-ring (bicyclic) bond motifs is 2. The first-order valence-corrected chi connectivity index (χ1v) is 31.4. The SMILES string of the molecule is CC1CCCC(C)N1.CC1CCNCC1.CCCCNCCCC.CNc1ccccc1.COCCNCCOC.NCc1ccccc1.c1ccc(CNCc2ccccc2)cc1.c1ccc2c(c1)CCNC2.c1ccc2c(c1)CNC2. The van der Waals surface area contributed by atoms with Crippen LogP contribution in [0.4, 0.5) is 5.69 Å². The normalized spacial score (nSPS) is 15.3. The van der Waals surface area contributed by atoms with Gasteiger partial charge in [0.05, 0.1) is 13.2 Å². The predicted octanol–water partition coefficient (Wildman–Crippen LogP) is 13.1. The van der Waals surface area contributed by atoms with Crippen molar-refractivity contribution in [3.8, 4) is 0 Å². The number of unbranched alkanes of at least 4 members (excludes halogenated alkanes) is 2. The number of benzene rings is 6. The second kappa shape index (κ2) is 53.4. The quantitative estimate of drug-likeness (QED) is 0.0380. The van der Waals surface area contributed by atoms with E-state index in [-0.39, 0.29) is 0 Å². The number of ether oxygens (including phenoxy) is 2. The molecule has 83 heavy (non-hydrogen) atoms. The van der Waals surface area contributed by atoms with Gasteiger partial charge < -0.3 is 57.7 Å². The monoisotopic (exact) mass is 1140 g/mol. The summed E-state index contributed by atoms with van der Waals surface area (Å²) in [6.07, 6.45) is 13.3. The highest BCUT2D eigenvalue weighted by Crippen LogP contribution is 2.14. The fourth-order valence-electron chi connectivity index (χ4n) is 8.97. The first kappa shape index (κ1) is 73.8. The highest BCUT2D eigenvalue weighted by atomic mass is 16.5. The fourth-order valence-corrected chi connectivity index (χ4v) is 8.97. The molecule has 6 aromatic carbocycles. The Morgan fingerprint density at radius 3 is 1.23 bits per heavy atom. The molecule has 0 saturated carbocycles. The molecule has 0 aliphatic carbocycles. The lowest BCUT2D eigenvalue weighted by atomic mass is 10.0. The highest BCUT2D eigenvalue weighted by Gasteiger charge is 2.12. The molecule has 10 rings (SSSR count). The average molecular weight is 1140 g/mol. The minimum Gasteiger partial charge on any atom is -0.388 e. The summed E-state index contributed by atoms with van der Waals surface area (Å²) in [5, 5.41) is 26.4. The van der Waals surface area contributed by atoms with Crippen LogP contribution in [0.3, 0.4) is 0 Å². The van der Waals surface area contributed by atoms with Gasteiger partial charge in [-0.3, -0.25) is 0 Å². The summed E-state index contributed by atoms with van der Waals surface area (Å²) in [4.78, 5) is 0. The first-order valence-electron chi connectivity index (χ1n) is 31.4. The molecule has 0 amide bonds. The molecule has 6 aromatic rings.